The molecule has 2 aromatic rings. The van der Waals surface area contributed by atoms with E-state index in [4.69, 9.17) is 4.74 Å². The van der Waals surface area contributed by atoms with Crippen LogP contribution in [0.2, 0.25) is 0 Å². The van der Waals surface area contributed by atoms with Crippen molar-refractivity contribution in [3.05, 3.63) is 46.8 Å². The van der Waals surface area contributed by atoms with Crippen LogP contribution in [0.5, 0.6) is 0 Å². The monoisotopic (exact) mass is 400 g/mol. The highest BCUT2D eigenvalue weighted by Gasteiger charge is 2.30. The van der Waals surface area contributed by atoms with Crippen LogP contribution in [0, 0.1) is 10.1 Å². The van der Waals surface area contributed by atoms with Gasteiger partial charge in [-0.3, -0.25) is 15.1 Å². The molecule has 154 valence electrons. The summed E-state index contributed by atoms with van der Waals surface area (Å²) in [5, 5.41) is 17.5. The van der Waals surface area contributed by atoms with Crippen molar-refractivity contribution >= 4 is 29.1 Å². The van der Waals surface area contributed by atoms with E-state index in [0.29, 0.717) is 24.6 Å². The van der Waals surface area contributed by atoms with Crippen LogP contribution in [0.25, 0.3) is 0 Å². The zero-order valence-electron chi connectivity index (χ0n) is 16.6. The number of ether oxygens (including phenoxy) is 1. The second-order valence-electron chi connectivity index (χ2n) is 7.74. The van der Waals surface area contributed by atoms with Gasteiger partial charge in [-0.2, -0.15) is 0 Å². The molecule has 0 aliphatic carbocycles. The number of likely N-dealkylation sites (tertiary alicyclic amines) is 1. The highest BCUT2D eigenvalue weighted by molar-refractivity contribution is 5.69. The Hall–Kier alpha value is -3.43. The van der Waals surface area contributed by atoms with Gasteiger partial charge in [-0.15, -0.1) is 0 Å². The van der Waals surface area contributed by atoms with Crippen LogP contribution in [0.1, 0.15) is 27.2 Å². The van der Waals surface area contributed by atoms with Crippen LogP contribution in [-0.4, -0.2) is 50.6 Å². The Kier molecular flexibility index (Phi) is 5.81. The molecule has 10 heteroatoms. The zero-order chi connectivity index (χ0) is 21.0. The first-order valence-electron chi connectivity index (χ1n) is 9.28. The largest absolute Gasteiger partial charge is 0.444 e. The van der Waals surface area contributed by atoms with E-state index >= 15 is 0 Å². The third-order valence-corrected chi connectivity index (χ3v) is 4.21. The van der Waals surface area contributed by atoms with Gasteiger partial charge in [0.15, 0.2) is 0 Å². The molecule has 1 saturated heterocycles. The van der Waals surface area contributed by atoms with E-state index in [-0.39, 0.29) is 23.6 Å². The fraction of sp³-hybridized carbons (Fsp3) is 0.421. The fourth-order valence-electron chi connectivity index (χ4n) is 2.92. The number of nitrogens with zero attached hydrogens (tertiary/aromatic N) is 4. The van der Waals surface area contributed by atoms with Crippen molar-refractivity contribution in [2.75, 3.05) is 23.7 Å². The number of hydrogen-bond acceptors (Lipinski definition) is 8. The lowest BCUT2D eigenvalue weighted by molar-refractivity contribution is -0.384. The van der Waals surface area contributed by atoms with Gasteiger partial charge in [0.2, 0.25) is 5.82 Å². The van der Waals surface area contributed by atoms with E-state index in [2.05, 4.69) is 20.6 Å². The van der Waals surface area contributed by atoms with Crippen molar-refractivity contribution in [2.45, 2.75) is 38.8 Å². The summed E-state index contributed by atoms with van der Waals surface area (Å²) in [7, 11) is 0. The predicted molar refractivity (Wildman–Crippen MR) is 108 cm³/mol. The van der Waals surface area contributed by atoms with Crippen molar-refractivity contribution in [3.8, 4) is 0 Å². The molecule has 0 unspecified atom stereocenters. The standard InChI is InChI=1S/C19H24N6O4/c1-19(2,3)29-18(26)24-11-8-14(12-24)21-16-5-4-15(25(27)28)17(23-16)22-13-6-9-20-10-7-13/h4-7,9-10,14H,8,11-12H2,1-3H3,(H2,20,21,22,23)/t14-/m1/s1. The highest BCUT2D eigenvalue weighted by atomic mass is 16.6. The van der Waals surface area contributed by atoms with Gasteiger partial charge in [0, 0.05) is 43.3 Å². The lowest BCUT2D eigenvalue weighted by Gasteiger charge is -2.24. The van der Waals surface area contributed by atoms with Crippen LogP contribution in [0.15, 0.2) is 36.7 Å². The topological polar surface area (TPSA) is 123 Å². The van der Waals surface area contributed by atoms with Gasteiger partial charge in [0.1, 0.15) is 11.4 Å². The number of amides is 1. The lowest BCUT2D eigenvalue weighted by Crippen LogP contribution is -2.36. The minimum absolute atomic E-state index is 0.0229. The first kappa shape index (κ1) is 20.3. The van der Waals surface area contributed by atoms with Crippen molar-refractivity contribution in [2.24, 2.45) is 0 Å². The summed E-state index contributed by atoms with van der Waals surface area (Å²) in [6, 6.07) is 6.33. The Balaban J connectivity index is 1.69. The smallest absolute Gasteiger partial charge is 0.410 e. The first-order chi connectivity index (χ1) is 13.7. The number of carbonyl (C=O) groups is 1. The lowest BCUT2D eigenvalue weighted by atomic mass is 10.2. The Labute approximate surface area is 168 Å². The first-order valence-corrected chi connectivity index (χ1v) is 9.28. The van der Waals surface area contributed by atoms with Crippen LogP contribution >= 0.6 is 0 Å². The molecule has 10 nitrogen and oxygen atoms in total. The van der Waals surface area contributed by atoms with E-state index < -0.39 is 10.5 Å². The van der Waals surface area contributed by atoms with Gasteiger partial charge in [-0.05, 0) is 45.4 Å². The molecule has 1 aliphatic heterocycles. The molecular formula is C19H24N6O4. The van der Waals surface area contributed by atoms with E-state index in [0.717, 1.165) is 6.42 Å². The summed E-state index contributed by atoms with van der Waals surface area (Å²) < 4.78 is 5.40. The third kappa shape index (κ3) is 5.53. The minimum Gasteiger partial charge on any atom is -0.444 e. The molecule has 2 aromatic heterocycles. The van der Waals surface area contributed by atoms with Crippen molar-refractivity contribution < 1.29 is 14.5 Å². The van der Waals surface area contributed by atoms with Crippen molar-refractivity contribution in [1.29, 1.82) is 0 Å². The number of carbonyl (C=O) groups excluding carboxylic acids is 1. The zero-order valence-corrected chi connectivity index (χ0v) is 16.6. The van der Waals surface area contributed by atoms with Crippen LogP contribution in [-0.2, 0) is 4.74 Å². The number of hydrogen-bond donors (Lipinski definition) is 2. The molecule has 29 heavy (non-hydrogen) atoms. The van der Waals surface area contributed by atoms with Crippen LogP contribution < -0.4 is 10.6 Å². The maximum Gasteiger partial charge on any atom is 0.410 e. The van der Waals surface area contributed by atoms with Gasteiger partial charge < -0.3 is 20.3 Å². The molecule has 1 fully saturated rings. The molecule has 0 radical (unpaired) electrons. The molecule has 2 N–H and O–H groups in total. The maximum absolute atomic E-state index is 12.2. The molecule has 0 spiro atoms. The summed E-state index contributed by atoms with van der Waals surface area (Å²) in [5.41, 5.74) is -0.0327. The predicted octanol–water partition coefficient (Wildman–Crippen LogP) is 3.55. The van der Waals surface area contributed by atoms with Gasteiger partial charge in [0.25, 0.3) is 0 Å². The summed E-state index contributed by atoms with van der Waals surface area (Å²) in [6.07, 6.45) is 3.55. The average Bonchev–Trinajstić information content (AvgIpc) is 3.10. The summed E-state index contributed by atoms with van der Waals surface area (Å²) in [5.74, 6) is 0.622. The Bertz CT molecular complexity index is 884. The molecule has 0 saturated carbocycles. The normalized spacial score (nSPS) is 16.4. The molecule has 3 rings (SSSR count). The summed E-state index contributed by atoms with van der Waals surface area (Å²) >= 11 is 0. The number of rotatable bonds is 5. The minimum atomic E-state index is -0.546. The van der Waals surface area contributed by atoms with Crippen molar-refractivity contribution in [3.63, 3.8) is 0 Å². The van der Waals surface area contributed by atoms with Gasteiger partial charge in [0.05, 0.1) is 4.92 Å². The van der Waals surface area contributed by atoms with E-state index in [1.807, 2.05) is 20.8 Å². The molecular weight excluding hydrogens is 376 g/mol. The third-order valence-electron chi connectivity index (χ3n) is 4.21. The van der Waals surface area contributed by atoms with E-state index in [1.165, 1.54) is 6.07 Å². The number of pyridine rings is 2. The van der Waals surface area contributed by atoms with E-state index in [1.54, 1.807) is 35.5 Å². The molecule has 1 aliphatic rings. The quantitative estimate of drug-likeness (QED) is 0.577. The summed E-state index contributed by atoms with van der Waals surface area (Å²) in [4.78, 5) is 33.0. The Morgan fingerprint density at radius 1 is 1.28 bits per heavy atom. The second-order valence-corrected chi connectivity index (χ2v) is 7.74. The van der Waals surface area contributed by atoms with Crippen LogP contribution in [0.3, 0.4) is 0 Å². The van der Waals surface area contributed by atoms with Gasteiger partial charge in [-0.25, -0.2) is 9.78 Å². The van der Waals surface area contributed by atoms with Gasteiger partial charge >= 0.3 is 11.8 Å². The Morgan fingerprint density at radius 2 is 2.00 bits per heavy atom. The number of nitro groups is 1. The number of anilines is 3. The average molecular weight is 400 g/mol. The molecule has 1 amide bonds. The highest BCUT2D eigenvalue weighted by Crippen LogP contribution is 2.28. The molecule has 0 bridgehead atoms. The maximum atomic E-state index is 12.2. The summed E-state index contributed by atoms with van der Waals surface area (Å²) in [6.45, 7) is 6.53. The Morgan fingerprint density at radius 3 is 2.66 bits per heavy atom. The number of nitrogens with one attached hydrogen (secondary N) is 2. The van der Waals surface area contributed by atoms with Crippen molar-refractivity contribution in [1.82, 2.24) is 14.9 Å². The van der Waals surface area contributed by atoms with Crippen LogP contribution in [0.4, 0.5) is 27.8 Å². The number of aromatic nitrogens is 2. The molecule has 0 aromatic carbocycles. The molecule has 3 heterocycles. The SMILES string of the molecule is CC(C)(C)OC(=O)N1CC[C@@H](Nc2ccc([N+](=O)[O-])c(Nc3ccncc3)n2)C1. The van der Waals surface area contributed by atoms with Gasteiger partial charge in [-0.1, -0.05) is 0 Å². The second kappa shape index (κ2) is 8.29. The molecule has 1 atom stereocenters. The fourth-order valence-corrected chi connectivity index (χ4v) is 2.92. The van der Waals surface area contributed by atoms with E-state index in [9.17, 15) is 14.9 Å².